The molecule has 0 aromatic heterocycles. The van der Waals surface area contributed by atoms with Crippen LogP contribution in [0, 0.1) is 5.82 Å². The van der Waals surface area contributed by atoms with Crippen molar-refractivity contribution in [1.29, 1.82) is 0 Å². The fourth-order valence-electron chi connectivity index (χ4n) is 2.53. The molecule has 0 saturated carbocycles. The Labute approximate surface area is 103 Å². The summed E-state index contributed by atoms with van der Waals surface area (Å²) in [7, 11) is 0. The fraction of sp³-hybridized carbons (Fsp3) is 0.571. The Kier molecular flexibility index (Phi) is 4.51. The van der Waals surface area contributed by atoms with Gasteiger partial charge in [-0.05, 0) is 43.6 Å². The monoisotopic (exact) mass is 236 g/mol. The minimum absolute atomic E-state index is 0.165. The molecular formula is C14H21FN2. The first kappa shape index (κ1) is 12.5. The van der Waals surface area contributed by atoms with Crippen molar-refractivity contribution in [3.05, 3.63) is 35.6 Å². The van der Waals surface area contributed by atoms with Gasteiger partial charge in [0.15, 0.2) is 0 Å². The zero-order chi connectivity index (χ0) is 12.1. The molecule has 0 bridgehead atoms. The second-order valence-corrected chi connectivity index (χ2v) is 4.68. The highest BCUT2D eigenvalue weighted by atomic mass is 19.1. The summed E-state index contributed by atoms with van der Waals surface area (Å²) in [5.74, 6) is -0.165. The van der Waals surface area contributed by atoms with Crippen LogP contribution in [0.2, 0.25) is 0 Å². The summed E-state index contributed by atoms with van der Waals surface area (Å²) in [4.78, 5) is 2.53. The van der Waals surface area contributed by atoms with Crippen LogP contribution in [-0.2, 0) is 6.54 Å². The predicted octanol–water partition coefficient (Wildman–Crippen LogP) is 2.40. The number of benzene rings is 1. The molecule has 1 saturated heterocycles. The van der Waals surface area contributed by atoms with Gasteiger partial charge in [0.25, 0.3) is 0 Å². The van der Waals surface area contributed by atoms with E-state index in [0.29, 0.717) is 6.04 Å². The maximum absolute atomic E-state index is 12.7. The van der Waals surface area contributed by atoms with Gasteiger partial charge in [0, 0.05) is 19.1 Å². The summed E-state index contributed by atoms with van der Waals surface area (Å²) >= 11 is 0. The molecular weight excluding hydrogens is 215 g/mol. The first-order chi connectivity index (χ1) is 8.29. The maximum atomic E-state index is 12.7. The van der Waals surface area contributed by atoms with Crippen molar-refractivity contribution >= 4 is 0 Å². The molecule has 1 fully saturated rings. The van der Waals surface area contributed by atoms with E-state index in [1.54, 1.807) is 0 Å². The van der Waals surface area contributed by atoms with Gasteiger partial charge in [0.2, 0.25) is 0 Å². The molecule has 0 radical (unpaired) electrons. The fourth-order valence-corrected chi connectivity index (χ4v) is 2.53. The van der Waals surface area contributed by atoms with E-state index in [1.165, 1.54) is 31.5 Å². The van der Waals surface area contributed by atoms with Crippen LogP contribution in [0.1, 0.15) is 25.3 Å². The third-order valence-corrected chi connectivity index (χ3v) is 3.53. The van der Waals surface area contributed by atoms with Crippen molar-refractivity contribution in [2.24, 2.45) is 0 Å². The Morgan fingerprint density at radius 1 is 1.35 bits per heavy atom. The van der Waals surface area contributed by atoms with E-state index >= 15 is 0 Å². The largest absolute Gasteiger partial charge is 0.311 e. The van der Waals surface area contributed by atoms with Crippen LogP contribution in [0.15, 0.2) is 24.3 Å². The Morgan fingerprint density at radius 3 is 2.82 bits per heavy atom. The molecule has 2 nitrogen and oxygen atoms in total. The first-order valence-corrected chi connectivity index (χ1v) is 6.49. The lowest BCUT2D eigenvalue weighted by atomic mass is 10.2. The number of likely N-dealkylation sites (tertiary alicyclic amines) is 1. The molecule has 0 spiro atoms. The summed E-state index contributed by atoms with van der Waals surface area (Å²) < 4.78 is 12.7. The molecule has 94 valence electrons. The van der Waals surface area contributed by atoms with Gasteiger partial charge < -0.3 is 5.32 Å². The third-order valence-electron chi connectivity index (χ3n) is 3.53. The first-order valence-electron chi connectivity index (χ1n) is 6.49. The highest BCUT2D eigenvalue weighted by Crippen LogP contribution is 2.15. The van der Waals surface area contributed by atoms with Gasteiger partial charge in [-0.15, -0.1) is 0 Å². The zero-order valence-electron chi connectivity index (χ0n) is 10.5. The van der Waals surface area contributed by atoms with E-state index < -0.39 is 0 Å². The van der Waals surface area contributed by atoms with Gasteiger partial charge in [-0.25, -0.2) is 4.39 Å². The van der Waals surface area contributed by atoms with E-state index in [4.69, 9.17) is 0 Å². The molecule has 17 heavy (non-hydrogen) atoms. The predicted molar refractivity (Wildman–Crippen MR) is 68.4 cm³/mol. The molecule has 1 aliphatic heterocycles. The number of halogens is 1. The zero-order valence-corrected chi connectivity index (χ0v) is 10.5. The molecule has 1 atom stereocenters. The Balaban J connectivity index is 1.74. The van der Waals surface area contributed by atoms with Crippen LogP contribution in [0.25, 0.3) is 0 Å². The van der Waals surface area contributed by atoms with Gasteiger partial charge in [-0.1, -0.05) is 19.1 Å². The molecule has 0 amide bonds. The van der Waals surface area contributed by atoms with Crippen molar-refractivity contribution < 1.29 is 4.39 Å². The van der Waals surface area contributed by atoms with E-state index in [2.05, 4.69) is 17.1 Å². The highest BCUT2D eigenvalue weighted by molar-refractivity contribution is 5.15. The van der Waals surface area contributed by atoms with Crippen LogP contribution in [-0.4, -0.2) is 30.6 Å². The van der Waals surface area contributed by atoms with Crippen molar-refractivity contribution in [2.75, 3.05) is 19.6 Å². The minimum atomic E-state index is -0.165. The molecule has 1 aromatic rings. The number of nitrogens with one attached hydrogen (secondary N) is 1. The van der Waals surface area contributed by atoms with Crippen LogP contribution in [0.5, 0.6) is 0 Å². The SMILES string of the molecule is CCN1CCC[C@@H]1CNCc1ccc(F)cc1. The summed E-state index contributed by atoms with van der Waals surface area (Å²) in [6.45, 7) is 6.46. The summed E-state index contributed by atoms with van der Waals surface area (Å²) in [5, 5.41) is 3.46. The van der Waals surface area contributed by atoms with Crippen molar-refractivity contribution in [3.63, 3.8) is 0 Å². The van der Waals surface area contributed by atoms with Gasteiger partial charge in [-0.2, -0.15) is 0 Å². The lowest BCUT2D eigenvalue weighted by Crippen LogP contribution is -2.37. The molecule has 1 aliphatic rings. The third kappa shape index (κ3) is 3.51. The Morgan fingerprint density at radius 2 is 2.12 bits per heavy atom. The van der Waals surface area contributed by atoms with Gasteiger partial charge in [0.1, 0.15) is 5.82 Å². The van der Waals surface area contributed by atoms with Crippen molar-refractivity contribution in [2.45, 2.75) is 32.4 Å². The molecule has 3 heteroatoms. The normalized spacial score (nSPS) is 20.9. The Bertz CT molecular complexity index is 337. The van der Waals surface area contributed by atoms with Crippen LogP contribution < -0.4 is 5.32 Å². The smallest absolute Gasteiger partial charge is 0.123 e. The number of hydrogen-bond acceptors (Lipinski definition) is 2. The van der Waals surface area contributed by atoms with Crippen molar-refractivity contribution in [1.82, 2.24) is 10.2 Å². The van der Waals surface area contributed by atoms with E-state index in [-0.39, 0.29) is 5.82 Å². The molecule has 1 heterocycles. The Hall–Kier alpha value is -0.930. The van der Waals surface area contributed by atoms with Gasteiger partial charge in [-0.3, -0.25) is 4.90 Å². The van der Waals surface area contributed by atoms with E-state index in [9.17, 15) is 4.39 Å². The molecule has 0 unspecified atom stereocenters. The van der Waals surface area contributed by atoms with Gasteiger partial charge in [0.05, 0.1) is 0 Å². The molecule has 0 aliphatic carbocycles. The van der Waals surface area contributed by atoms with Crippen LogP contribution in [0.3, 0.4) is 0 Å². The summed E-state index contributed by atoms with van der Waals surface area (Å²) in [5.41, 5.74) is 1.15. The number of nitrogens with zero attached hydrogens (tertiary/aromatic N) is 1. The number of rotatable bonds is 5. The van der Waals surface area contributed by atoms with Crippen molar-refractivity contribution in [3.8, 4) is 0 Å². The van der Waals surface area contributed by atoms with E-state index in [1.807, 2.05) is 12.1 Å². The second-order valence-electron chi connectivity index (χ2n) is 4.68. The minimum Gasteiger partial charge on any atom is -0.311 e. The molecule has 1 aromatic carbocycles. The number of likely N-dealkylation sites (N-methyl/N-ethyl adjacent to an activating group) is 1. The lowest BCUT2D eigenvalue weighted by molar-refractivity contribution is 0.260. The van der Waals surface area contributed by atoms with Crippen LogP contribution >= 0.6 is 0 Å². The standard InChI is InChI=1S/C14H21FN2/c1-2-17-9-3-4-14(17)11-16-10-12-5-7-13(15)8-6-12/h5-8,14,16H,2-4,9-11H2,1H3/t14-/m1/s1. The maximum Gasteiger partial charge on any atom is 0.123 e. The lowest BCUT2D eigenvalue weighted by Gasteiger charge is -2.22. The average molecular weight is 236 g/mol. The second kappa shape index (κ2) is 6.12. The topological polar surface area (TPSA) is 15.3 Å². The highest BCUT2D eigenvalue weighted by Gasteiger charge is 2.21. The quantitative estimate of drug-likeness (QED) is 0.844. The number of hydrogen-bond donors (Lipinski definition) is 1. The van der Waals surface area contributed by atoms with Gasteiger partial charge >= 0.3 is 0 Å². The summed E-state index contributed by atoms with van der Waals surface area (Å²) in [6, 6.07) is 7.40. The van der Waals surface area contributed by atoms with E-state index in [0.717, 1.165) is 25.2 Å². The molecule has 2 rings (SSSR count). The molecule has 1 N–H and O–H groups in total. The van der Waals surface area contributed by atoms with Crippen LogP contribution in [0.4, 0.5) is 4.39 Å². The summed E-state index contributed by atoms with van der Waals surface area (Å²) in [6.07, 6.45) is 2.61. The average Bonchev–Trinajstić information content (AvgIpc) is 2.79.